The van der Waals surface area contributed by atoms with Crippen LogP contribution in [0.3, 0.4) is 0 Å². The third kappa shape index (κ3) is 3.82. The molecule has 6 heterocycles. The van der Waals surface area contributed by atoms with E-state index in [0.29, 0.717) is 35.6 Å². The van der Waals surface area contributed by atoms with Crippen LogP contribution >= 0.6 is 0 Å². The number of nitrogens with one attached hydrogen (secondary N) is 1. The molecular weight excluding hydrogens is 508 g/mol. The highest BCUT2D eigenvalue weighted by molar-refractivity contribution is 6.00. The first-order valence-corrected chi connectivity index (χ1v) is 13.2. The van der Waals surface area contributed by atoms with Crippen LogP contribution in [0.1, 0.15) is 65.2 Å². The standard InChI is InChI=1S/C28H26N10O2/c1-15(39)22-23(18-11-19-7-8-20(12-18)37(19)28(40)26-32-14-33-36-26)35-27-21(13-34-38(27)24(22)29)16-3-5-17(6-4-16)25-30-9-2-10-31-25/h2-6,9-10,13-14,18-20H,7-8,11-12,29H2,1H3,(H,32,33,36)/t18-,19+,20-. The van der Waals surface area contributed by atoms with Crippen molar-refractivity contribution >= 4 is 23.2 Å². The number of rotatable bonds is 5. The fourth-order valence-electron chi connectivity index (χ4n) is 6.30. The van der Waals surface area contributed by atoms with Gasteiger partial charge in [-0.3, -0.25) is 14.7 Å². The molecule has 200 valence electrons. The SMILES string of the molecule is CC(=O)c1c([C@H]2C[C@H]3CC[C@@H](C2)N3C(=O)c2nc[nH]n2)nc2c(-c3ccc(-c4ncccn4)cc3)cnn2c1N. The van der Waals surface area contributed by atoms with Crippen LogP contribution < -0.4 is 5.73 Å². The summed E-state index contributed by atoms with van der Waals surface area (Å²) in [5.74, 6) is 0.756. The second kappa shape index (κ2) is 9.33. The van der Waals surface area contributed by atoms with E-state index in [1.54, 1.807) is 29.2 Å². The summed E-state index contributed by atoms with van der Waals surface area (Å²) in [6.45, 7) is 1.51. The second-order valence-corrected chi connectivity index (χ2v) is 10.3. The van der Waals surface area contributed by atoms with Gasteiger partial charge in [0.15, 0.2) is 17.3 Å². The van der Waals surface area contributed by atoms with Gasteiger partial charge in [0.05, 0.1) is 17.5 Å². The Balaban J connectivity index is 1.26. The third-order valence-corrected chi connectivity index (χ3v) is 8.04. The number of benzene rings is 1. The van der Waals surface area contributed by atoms with Gasteiger partial charge < -0.3 is 10.6 Å². The average Bonchev–Trinajstić information content (AvgIpc) is 3.71. The molecule has 4 aromatic heterocycles. The molecule has 12 nitrogen and oxygen atoms in total. The van der Waals surface area contributed by atoms with Crippen molar-refractivity contribution in [2.75, 3.05) is 5.73 Å². The second-order valence-electron chi connectivity index (χ2n) is 10.3. The lowest BCUT2D eigenvalue weighted by Crippen LogP contribution is -2.46. The van der Waals surface area contributed by atoms with E-state index in [0.717, 1.165) is 29.5 Å². The number of nitrogens with zero attached hydrogens (tertiary/aromatic N) is 8. The van der Waals surface area contributed by atoms with Gasteiger partial charge in [0.1, 0.15) is 12.1 Å². The maximum atomic E-state index is 13.1. The van der Waals surface area contributed by atoms with Crippen LogP contribution in [0.25, 0.3) is 28.2 Å². The van der Waals surface area contributed by atoms with E-state index in [1.807, 2.05) is 29.2 Å². The summed E-state index contributed by atoms with van der Waals surface area (Å²) in [4.78, 5) is 45.7. The monoisotopic (exact) mass is 534 g/mol. The minimum atomic E-state index is -0.163. The number of Topliss-reactive ketones (excluding diaryl/α,β-unsaturated/α-hetero) is 1. The van der Waals surface area contributed by atoms with E-state index < -0.39 is 0 Å². The molecule has 12 heteroatoms. The van der Waals surface area contributed by atoms with Gasteiger partial charge in [-0.1, -0.05) is 24.3 Å². The van der Waals surface area contributed by atoms with E-state index in [9.17, 15) is 9.59 Å². The molecule has 2 saturated heterocycles. The smallest absolute Gasteiger partial charge is 0.294 e. The first-order valence-electron chi connectivity index (χ1n) is 13.2. The number of nitrogens with two attached hydrogens (primary N) is 1. The molecule has 3 N–H and O–H groups in total. The highest BCUT2D eigenvalue weighted by Gasteiger charge is 2.46. The summed E-state index contributed by atoms with van der Waals surface area (Å²) in [6, 6.07) is 9.70. The van der Waals surface area contributed by atoms with E-state index in [4.69, 9.17) is 10.7 Å². The summed E-state index contributed by atoms with van der Waals surface area (Å²) in [5.41, 5.74) is 10.9. The lowest BCUT2D eigenvalue weighted by molar-refractivity contribution is 0.0556. The fraction of sp³-hybridized carbons (Fsp3) is 0.286. The molecule has 1 amide bonds. The molecule has 7 rings (SSSR count). The van der Waals surface area contributed by atoms with Gasteiger partial charge in [-0.2, -0.15) is 9.61 Å². The molecule has 2 fully saturated rings. The number of ketones is 1. The predicted molar refractivity (Wildman–Crippen MR) is 145 cm³/mol. The van der Waals surface area contributed by atoms with Gasteiger partial charge in [-0.25, -0.2) is 19.9 Å². The summed E-state index contributed by atoms with van der Waals surface area (Å²) < 4.78 is 1.54. The minimum absolute atomic E-state index is 0.0194. The van der Waals surface area contributed by atoms with E-state index in [1.165, 1.54) is 13.3 Å². The zero-order chi connectivity index (χ0) is 27.4. The maximum Gasteiger partial charge on any atom is 0.294 e. The third-order valence-electron chi connectivity index (χ3n) is 8.04. The molecule has 40 heavy (non-hydrogen) atoms. The number of carbonyl (C=O) groups excluding carboxylic acids is 2. The quantitative estimate of drug-likeness (QED) is 0.322. The van der Waals surface area contributed by atoms with E-state index in [2.05, 4.69) is 30.2 Å². The number of aromatic amines is 1. The molecule has 0 spiro atoms. The predicted octanol–water partition coefficient (Wildman–Crippen LogP) is 3.31. The number of nitrogen functional groups attached to an aromatic ring is 1. The largest absolute Gasteiger partial charge is 0.383 e. The molecule has 5 aromatic rings. The van der Waals surface area contributed by atoms with E-state index in [-0.39, 0.29) is 41.3 Å². The van der Waals surface area contributed by atoms with Crippen molar-refractivity contribution in [3.8, 4) is 22.5 Å². The van der Waals surface area contributed by atoms with Gasteiger partial charge >= 0.3 is 0 Å². The number of amides is 1. The highest BCUT2D eigenvalue weighted by Crippen LogP contribution is 2.45. The molecule has 0 aliphatic carbocycles. The average molecular weight is 535 g/mol. The molecule has 0 saturated carbocycles. The molecule has 2 aliphatic rings. The maximum absolute atomic E-state index is 13.1. The molecule has 2 aliphatic heterocycles. The van der Waals surface area contributed by atoms with Gasteiger partial charge in [0.25, 0.3) is 5.91 Å². The Kier molecular flexibility index (Phi) is 5.61. The molecule has 3 atom stereocenters. The zero-order valence-corrected chi connectivity index (χ0v) is 21.7. The van der Waals surface area contributed by atoms with Gasteiger partial charge in [-0.15, -0.1) is 5.10 Å². The summed E-state index contributed by atoms with van der Waals surface area (Å²) in [6.07, 6.45) is 9.71. The van der Waals surface area contributed by atoms with E-state index >= 15 is 0 Å². The van der Waals surface area contributed by atoms with Crippen LogP contribution in [0.5, 0.6) is 0 Å². The van der Waals surface area contributed by atoms with Crippen LogP contribution in [0.4, 0.5) is 5.82 Å². The summed E-state index contributed by atoms with van der Waals surface area (Å²) >= 11 is 0. The van der Waals surface area contributed by atoms with Gasteiger partial charge in [0, 0.05) is 41.5 Å². The Bertz CT molecular complexity index is 1720. The van der Waals surface area contributed by atoms with Crippen molar-refractivity contribution in [3.63, 3.8) is 0 Å². The minimum Gasteiger partial charge on any atom is -0.383 e. The fourth-order valence-corrected chi connectivity index (χ4v) is 6.30. The number of carbonyl (C=O) groups is 2. The molecular formula is C28H26N10O2. The Labute approximate surface area is 228 Å². The Morgan fingerprint density at radius 3 is 2.35 bits per heavy atom. The number of H-pyrrole nitrogens is 1. The topological polar surface area (TPSA) is 161 Å². The van der Waals surface area contributed by atoms with Crippen molar-refractivity contribution < 1.29 is 9.59 Å². The number of hydrogen-bond donors (Lipinski definition) is 2. The van der Waals surface area contributed by atoms with Gasteiger partial charge in [-0.05, 0) is 44.2 Å². The van der Waals surface area contributed by atoms with Crippen molar-refractivity contribution in [2.45, 2.75) is 50.6 Å². The van der Waals surface area contributed by atoms with Crippen LogP contribution in [-0.4, -0.2) is 68.4 Å². The van der Waals surface area contributed by atoms with Crippen molar-refractivity contribution in [1.82, 2.24) is 44.6 Å². The Morgan fingerprint density at radius 1 is 1.00 bits per heavy atom. The lowest BCUT2D eigenvalue weighted by Gasteiger charge is -2.38. The summed E-state index contributed by atoms with van der Waals surface area (Å²) in [5, 5.41) is 11.1. The normalized spacial score (nSPS) is 20.2. The van der Waals surface area contributed by atoms with Crippen molar-refractivity contribution in [3.05, 3.63) is 72.3 Å². The summed E-state index contributed by atoms with van der Waals surface area (Å²) in [7, 11) is 0. The molecule has 1 aromatic carbocycles. The Morgan fingerprint density at radius 2 is 1.70 bits per heavy atom. The Hall–Kier alpha value is -5.00. The van der Waals surface area contributed by atoms with Gasteiger partial charge in [0.2, 0.25) is 5.82 Å². The van der Waals surface area contributed by atoms with Crippen LogP contribution in [0.2, 0.25) is 0 Å². The number of hydrogen-bond acceptors (Lipinski definition) is 9. The van der Waals surface area contributed by atoms with Crippen LogP contribution in [-0.2, 0) is 0 Å². The number of anilines is 1. The molecule has 2 bridgehead atoms. The molecule has 0 unspecified atom stereocenters. The van der Waals surface area contributed by atoms with Crippen LogP contribution in [0, 0.1) is 0 Å². The first kappa shape index (κ1) is 24.1. The first-order chi connectivity index (χ1) is 19.5. The number of fused-ring (bicyclic) bond motifs is 3. The van der Waals surface area contributed by atoms with Crippen molar-refractivity contribution in [2.24, 2.45) is 0 Å². The molecule has 0 radical (unpaired) electrons. The highest BCUT2D eigenvalue weighted by atomic mass is 16.2. The number of aromatic nitrogens is 8. The lowest BCUT2D eigenvalue weighted by atomic mass is 9.85. The van der Waals surface area contributed by atoms with Crippen LogP contribution in [0.15, 0.2) is 55.2 Å². The van der Waals surface area contributed by atoms with Crippen molar-refractivity contribution in [1.29, 1.82) is 0 Å². The number of piperidine rings is 1. The zero-order valence-electron chi connectivity index (χ0n) is 21.7.